The summed E-state index contributed by atoms with van der Waals surface area (Å²) in [5, 5.41) is 9.17. The molecule has 84 valence electrons. The number of ether oxygens (including phenoxy) is 1. The third kappa shape index (κ3) is 1.62. The fourth-order valence-electron chi connectivity index (χ4n) is 3.28. The van der Waals surface area contributed by atoms with E-state index in [9.17, 15) is 9.59 Å². The first-order valence-electron chi connectivity index (χ1n) is 5.45. The van der Waals surface area contributed by atoms with Crippen molar-refractivity contribution in [1.82, 2.24) is 0 Å². The van der Waals surface area contributed by atoms with Gasteiger partial charge in [-0.05, 0) is 37.5 Å². The normalized spacial score (nSPS) is 38.7. The molecular formula is C11H16O4. The Bertz CT molecular complexity index is 278. The third-order valence-corrected chi connectivity index (χ3v) is 3.98. The first kappa shape index (κ1) is 10.5. The molecule has 4 heteroatoms. The van der Waals surface area contributed by atoms with E-state index in [0.29, 0.717) is 0 Å². The summed E-state index contributed by atoms with van der Waals surface area (Å²) in [5.74, 6) is -1.68. The minimum Gasteiger partial charge on any atom is -0.481 e. The molecule has 2 atom stereocenters. The van der Waals surface area contributed by atoms with E-state index in [4.69, 9.17) is 9.84 Å². The molecule has 0 aromatic rings. The van der Waals surface area contributed by atoms with Crippen LogP contribution in [0.5, 0.6) is 0 Å². The van der Waals surface area contributed by atoms with Crippen LogP contribution in [-0.4, -0.2) is 24.2 Å². The van der Waals surface area contributed by atoms with E-state index in [1.807, 2.05) is 0 Å². The van der Waals surface area contributed by atoms with Gasteiger partial charge < -0.3 is 9.84 Å². The highest BCUT2D eigenvalue weighted by Crippen LogP contribution is 2.49. The molecule has 15 heavy (non-hydrogen) atoms. The predicted octanol–water partition coefficient (Wildman–Crippen LogP) is 1.30. The van der Waals surface area contributed by atoms with E-state index < -0.39 is 17.8 Å². The van der Waals surface area contributed by atoms with E-state index in [1.165, 1.54) is 7.11 Å². The summed E-state index contributed by atoms with van der Waals surface area (Å²) in [5.41, 5.74) is 0. The molecule has 2 unspecified atom stereocenters. The highest BCUT2D eigenvalue weighted by molar-refractivity contribution is 5.82. The van der Waals surface area contributed by atoms with Crippen molar-refractivity contribution in [2.75, 3.05) is 7.11 Å². The lowest BCUT2D eigenvalue weighted by Gasteiger charge is -2.45. The zero-order valence-electron chi connectivity index (χ0n) is 8.81. The zero-order valence-corrected chi connectivity index (χ0v) is 8.81. The Morgan fingerprint density at radius 3 is 1.93 bits per heavy atom. The van der Waals surface area contributed by atoms with E-state index in [2.05, 4.69) is 0 Å². The first-order valence-corrected chi connectivity index (χ1v) is 5.45. The van der Waals surface area contributed by atoms with E-state index in [-0.39, 0.29) is 17.8 Å². The number of hydrogen-bond donors (Lipinski definition) is 1. The molecule has 1 N–H and O–H groups in total. The van der Waals surface area contributed by atoms with Gasteiger partial charge in [-0.15, -0.1) is 0 Å². The second-order valence-electron chi connectivity index (χ2n) is 4.59. The lowest BCUT2D eigenvalue weighted by Crippen LogP contribution is -2.47. The molecule has 3 saturated carbocycles. The van der Waals surface area contributed by atoms with Crippen LogP contribution in [0.1, 0.15) is 25.7 Å². The smallest absolute Gasteiger partial charge is 0.309 e. The quantitative estimate of drug-likeness (QED) is 0.701. The summed E-state index contributed by atoms with van der Waals surface area (Å²) in [4.78, 5) is 22.8. The van der Waals surface area contributed by atoms with Crippen molar-refractivity contribution in [3.05, 3.63) is 0 Å². The van der Waals surface area contributed by atoms with Gasteiger partial charge in [0.1, 0.15) is 0 Å². The molecule has 3 fully saturated rings. The summed E-state index contributed by atoms with van der Waals surface area (Å²) in [6, 6.07) is 0. The molecule has 4 nitrogen and oxygen atoms in total. The number of fused-ring (bicyclic) bond motifs is 3. The fourth-order valence-corrected chi connectivity index (χ4v) is 3.28. The summed E-state index contributed by atoms with van der Waals surface area (Å²) >= 11 is 0. The number of methoxy groups -OCH3 is 1. The molecule has 0 heterocycles. The highest BCUT2D eigenvalue weighted by Gasteiger charge is 2.50. The first-order chi connectivity index (χ1) is 7.15. The molecule has 0 aromatic carbocycles. The molecule has 3 aliphatic carbocycles. The maximum atomic E-state index is 11.6. The Hall–Kier alpha value is -1.06. The van der Waals surface area contributed by atoms with Crippen LogP contribution in [0.4, 0.5) is 0 Å². The topological polar surface area (TPSA) is 63.6 Å². The number of hydrogen-bond acceptors (Lipinski definition) is 3. The van der Waals surface area contributed by atoms with Crippen LogP contribution < -0.4 is 0 Å². The van der Waals surface area contributed by atoms with Crippen molar-refractivity contribution >= 4 is 11.9 Å². The maximum Gasteiger partial charge on any atom is 0.309 e. The summed E-state index contributed by atoms with van der Waals surface area (Å²) in [7, 11) is 1.34. The fraction of sp³-hybridized carbons (Fsp3) is 0.818. The number of rotatable bonds is 2. The highest BCUT2D eigenvalue weighted by atomic mass is 16.5. The number of carbonyl (C=O) groups excluding carboxylic acids is 1. The molecule has 0 aromatic heterocycles. The number of carboxylic acid groups (broad SMARTS) is 1. The Balaban J connectivity index is 2.24. The van der Waals surface area contributed by atoms with Crippen molar-refractivity contribution < 1.29 is 19.4 Å². The van der Waals surface area contributed by atoms with Gasteiger partial charge in [0, 0.05) is 0 Å². The predicted molar refractivity (Wildman–Crippen MR) is 52.1 cm³/mol. The van der Waals surface area contributed by atoms with Crippen LogP contribution in [0, 0.1) is 23.7 Å². The number of aliphatic carboxylic acids is 1. The molecule has 3 rings (SSSR count). The largest absolute Gasteiger partial charge is 0.481 e. The van der Waals surface area contributed by atoms with Gasteiger partial charge in [0.2, 0.25) is 0 Å². The zero-order chi connectivity index (χ0) is 11.0. The summed E-state index contributed by atoms with van der Waals surface area (Å²) in [6.45, 7) is 0. The molecule has 2 bridgehead atoms. The van der Waals surface area contributed by atoms with Gasteiger partial charge in [0.25, 0.3) is 0 Å². The van der Waals surface area contributed by atoms with Gasteiger partial charge in [-0.3, -0.25) is 9.59 Å². The Kier molecular flexibility index (Phi) is 2.67. The van der Waals surface area contributed by atoms with Crippen molar-refractivity contribution in [2.45, 2.75) is 25.7 Å². The van der Waals surface area contributed by atoms with Gasteiger partial charge in [-0.1, -0.05) is 0 Å². The number of carbonyl (C=O) groups is 2. The van der Waals surface area contributed by atoms with Crippen LogP contribution in [0.25, 0.3) is 0 Å². The number of esters is 1. The minimum atomic E-state index is -0.834. The van der Waals surface area contributed by atoms with Gasteiger partial charge >= 0.3 is 11.9 Å². The van der Waals surface area contributed by atoms with E-state index in [1.54, 1.807) is 0 Å². The van der Waals surface area contributed by atoms with Gasteiger partial charge in [0.05, 0.1) is 18.9 Å². The second-order valence-corrected chi connectivity index (χ2v) is 4.59. The van der Waals surface area contributed by atoms with Gasteiger partial charge in [0.15, 0.2) is 0 Å². The Morgan fingerprint density at radius 2 is 1.53 bits per heavy atom. The van der Waals surface area contributed by atoms with Crippen molar-refractivity contribution in [3.63, 3.8) is 0 Å². The lowest BCUT2D eigenvalue weighted by atomic mass is 9.58. The maximum absolute atomic E-state index is 11.6. The van der Waals surface area contributed by atoms with E-state index in [0.717, 1.165) is 25.7 Å². The summed E-state index contributed by atoms with van der Waals surface area (Å²) in [6.07, 6.45) is 3.87. The van der Waals surface area contributed by atoms with Crippen LogP contribution in [0.3, 0.4) is 0 Å². The molecule has 0 radical (unpaired) electrons. The molecular weight excluding hydrogens is 196 g/mol. The second kappa shape index (κ2) is 3.83. The van der Waals surface area contributed by atoms with Crippen molar-refractivity contribution in [2.24, 2.45) is 23.7 Å². The number of carboxylic acids is 1. The summed E-state index contributed by atoms with van der Waals surface area (Å²) < 4.78 is 4.72. The van der Waals surface area contributed by atoms with Crippen LogP contribution in [0.2, 0.25) is 0 Å². The van der Waals surface area contributed by atoms with Gasteiger partial charge in [-0.25, -0.2) is 0 Å². The van der Waals surface area contributed by atoms with Gasteiger partial charge in [-0.2, -0.15) is 0 Å². The van der Waals surface area contributed by atoms with Crippen LogP contribution in [0.15, 0.2) is 0 Å². The van der Waals surface area contributed by atoms with Crippen molar-refractivity contribution in [1.29, 1.82) is 0 Å². The molecule has 3 aliphatic rings. The lowest BCUT2D eigenvalue weighted by molar-refractivity contribution is -0.167. The minimum absolute atomic E-state index is 0.177. The monoisotopic (exact) mass is 212 g/mol. The molecule has 0 saturated heterocycles. The van der Waals surface area contributed by atoms with Crippen LogP contribution in [-0.2, 0) is 14.3 Å². The average Bonchev–Trinajstić information content (AvgIpc) is 2.28. The molecule has 0 spiro atoms. The van der Waals surface area contributed by atoms with E-state index >= 15 is 0 Å². The average molecular weight is 212 g/mol. The SMILES string of the molecule is COC(=O)C1C2CCC(CC2)C1C(=O)O. The van der Waals surface area contributed by atoms with Crippen molar-refractivity contribution in [3.8, 4) is 0 Å². The molecule has 0 aliphatic heterocycles. The third-order valence-electron chi connectivity index (χ3n) is 3.98. The molecule has 0 amide bonds. The Morgan fingerprint density at radius 1 is 1.07 bits per heavy atom. The standard InChI is InChI=1S/C11H16O4/c1-15-11(14)9-7-4-2-6(3-5-7)8(9)10(12)13/h6-9H,2-5H2,1H3,(H,12,13). The van der Waals surface area contributed by atoms with Crippen LogP contribution >= 0.6 is 0 Å². The Labute approximate surface area is 88.6 Å².